The fourth-order valence-corrected chi connectivity index (χ4v) is 3.66. The number of halogens is 1. The van der Waals surface area contributed by atoms with Crippen molar-refractivity contribution in [3.63, 3.8) is 0 Å². The Hall–Kier alpha value is -0.580. The van der Waals surface area contributed by atoms with E-state index in [1.807, 2.05) is 0 Å². The van der Waals surface area contributed by atoms with Gasteiger partial charge in [-0.15, -0.1) is 0 Å². The van der Waals surface area contributed by atoms with Crippen LogP contribution in [0.1, 0.15) is 12.8 Å². The minimum absolute atomic E-state index is 0.715. The summed E-state index contributed by atoms with van der Waals surface area (Å²) in [6.07, 6.45) is 2.77. The molecule has 0 aliphatic carbocycles. The molecule has 0 amide bonds. The minimum Gasteiger partial charge on any atom is -0.384 e. The first-order chi connectivity index (χ1) is 9.31. The van der Waals surface area contributed by atoms with Crippen LogP contribution in [0.3, 0.4) is 0 Å². The van der Waals surface area contributed by atoms with E-state index in [-0.39, 0.29) is 0 Å². The lowest BCUT2D eigenvalue weighted by Crippen LogP contribution is -2.56. The van der Waals surface area contributed by atoms with Crippen LogP contribution in [0, 0.1) is 5.92 Å². The molecule has 1 aromatic carbocycles. The van der Waals surface area contributed by atoms with Crippen molar-refractivity contribution < 1.29 is 0 Å². The van der Waals surface area contributed by atoms with E-state index in [0.29, 0.717) is 6.04 Å². The molecule has 2 N–H and O–H groups in total. The lowest BCUT2D eigenvalue weighted by molar-refractivity contribution is 0.0735. The van der Waals surface area contributed by atoms with E-state index in [2.05, 4.69) is 55.7 Å². The van der Waals surface area contributed by atoms with Crippen LogP contribution < -0.4 is 10.6 Å². The van der Waals surface area contributed by atoms with Gasteiger partial charge in [0.15, 0.2) is 0 Å². The summed E-state index contributed by atoms with van der Waals surface area (Å²) in [6, 6.07) is 9.06. The van der Waals surface area contributed by atoms with E-state index in [1.165, 1.54) is 38.2 Å². The van der Waals surface area contributed by atoms with Crippen LogP contribution in [0.2, 0.25) is 0 Å². The number of nitrogens with zero attached hydrogens (tertiary/aromatic N) is 1. The van der Waals surface area contributed by atoms with Crippen LogP contribution in [0.5, 0.6) is 0 Å². The molecule has 3 saturated heterocycles. The second kappa shape index (κ2) is 6.25. The molecule has 4 rings (SSSR count). The van der Waals surface area contributed by atoms with Crippen molar-refractivity contribution in [2.45, 2.75) is 18.9 Å². The highest BCUT2D eigenvalue weighted by molar-refractivity contribution is 9.10. The predicted octanol–water partition coefficient (Wildman–Crippen LogP) is 2.54. The molecule has 3 fully saturated rings. The number of hydrogen-bond acceptors (Lipinski definition) is 3. The van der Waals surface area contributed by atoms with Crippen molar-refractivity contribution in [2.24, 2.45) is 5.92 Å². The largest absolute Gasteiger partial charge is 0.384 e. The molecule has 2 bridgehead atoms. The molecule has 3 nitrogen and oxygen atoms in total. The Morgan fingerprint density at radius 2 is 2.05 bits per heavy atom. The fraction of sp³-hybridized carbons (Fsp3) is 0.600. The fourth-order valence-electron chi connectivity index (χ4n) is 3.26. The second-order valence-electron chi connectivity index (χ2n) is 5.64. The molecule has 0 unspecified atom stereocenters. The molecule has 19 heavy (non-hydrogen) atoms. The Morgan fingerprint density at radius 3 is 2.74 bits per heavy atom. The highest BCUT2D eigenvalue weighted by Crippen LogP contribution is 2.27. The molecule has 104 valence electrons. The first kappa shape index (κ1) is 13.4. The van der Waals surface area contributed by atoms with Crippen molar-refractivity contribution in [1.82, 2.24) is 10.2 Å². The maximum Gasteiger partial charge on any atom is 0.0351 e. The van der Waals surface area contributed by atoms with Gasteiger partial charge in [-0.3, -0.25) is 0 Å². The third kappa shape index (κ3) is 3.50. The van der Waals surface area contributed by atoms with Crippen molar-refractivity contribution in [3.8, 4) is 0 Å². The third-order valence-corrected chi connectivity index (χ3v) is 4.83. The lowest BCUT2D eigenvalue weighted by Gasteiger charge is -2.45. The van der Waals surface area contributed by atoms with E-state index in [0.717, 1.165) is 23.5 Å². The standard InChI is InChI=1S/C15H22BrN3/c16-13-2-1-3-14(10-13)17-6-7-18-15-11-19-8-4-12(15)5-9-19/h1-3,10,12,15,17-18H,4-9,11H2/t15-/m0/s1. The van der Waals surface area contributed by atoms with Crippen LogP contribution in [-0.2, 0) is 0 Å². The summed E-state index contributed by atoms with van der Waals surface area (Å²) in [5.41, 5.74) is 1.19. The van der Waals surface area contributed by atoms with E-state index < -0.39 is 0 Å². The van der Waals surface area contributed by atoms with E-state index in [1.54, 1.807) is 0 Å². The number of benzene rings is 1. The Bertz CT molecular complexity index is 416. The average molecular weight is 324 g/mol. The molecule has 3 aliphatic heterocycles. The van der Waals surface area contributed by atoms with Gasteiger partial charge in [0.05, 0.1) is 0 Å². The van der Waals surface area contributed by atoms with Crippen LogP contribution in [0.25, 0.3) is 0 Å². The molecule has 0 aromatic heterocycles. The predicted molar refractivity (Wildman–Crippen MR) is 83.6 cm³/mol. The van der Waals surface area contributed by atoms with Gasteiger partial charge in [-0.1, -0.05) is 22.0 Å². The SMILES string of the molecule is Brc1cccc(NCCN[C@H]2CN3CCC2CC3)c1. The van der Waals surface area contributed by atoms with E-state index >= 15 is 0 Å². The Balaban J connectivity index is 1.39. The van der Waals surface area contributed by atoms with Gasteiger partial charge in [-0.25, -0.2) is 0 Å². The molecular formula is C15H22BrN3. The minimum atomic E-state index is 0.715. The van der Waals surface area contributed by atoms with Crippen molar-refractivity contribution in [3.05, 3.63) is 28.7 Å². The zero-order chi connectivity index (χ0) is 13.1. The molecule has 0 saturated carbocycles. The zero-order valence-electron chi connectivity index (χ0n) is 11.2. The summed E-state index contributed by atoms with van der Waals surface area (Å²) in [4.78, 5) is 2.60. The normalized spacial score (nSPS) is 29.4. The number of nitrogens with one attached hydrogen (secondary N) is 2. The quantitative estimate of drug-likeness (QED) is 0.815. The first-order valence-electron chi connectivity index (χ1n) is 7.26. The molecule has 0 radical (unpaired) electrons. The van der Waals surface area contributed by atoms with Crippen LogP contribution in [0.15, 0.2) is 28.7 Å². The summed E-state index contributed by atoms with van der Waals surface area (Å²) in [5, 5.41) is 7.19. The van der Waals surface area contributed by atoms with Gasteiger partial charge in [0.2, 0.25) is 0 Å². The van der Waals surface area contributed by atoms with Crippen molar-refractivity contribution in [2.75, 3.05) is 38.0 Å². The number of rotatable bonds is 5. The summed E-state index contributed by atoms with van der Waals surface area (Å²) >= 11 is 3.49. The number of anilines is 1. The first-order valence-corrected chi connectivity index (χ1v) is 8.06. The number of hydrogen-bond donors (Lipinski definition) is 2. The lowest BCUT2D eigenvalue weighted by atomic mass is 9.84. The topological polar surface area (TPSA) is 27.3 Å². The highest BCUT2D eigenvalue weighted by Gasteiger charge is 2.33. The van der Waals surface area contributed by atoms with E-state index in [4.69, 9.17) is 0 Å². The molecule has 0 spiro atoms. The Morgan fingerprint density at radius 1 is 1.21 bits per heavy atom. The van der Waals surface area contributed by atoms with Gasteiger partial charge >= 0.3 is 0 Å². The smallest absolute Gasteiger partial charge is 0.0351 e. The second-order valence-corrected chi connectivity index (χ2v) is 6.55. The average Bonchev–Trinajstić information content (AvgIpc) is 2.45. The summed E-state index contributed by atoms with van der Waals surface area (Å²) in [6.45, 7) is 5.92. The molecular weight excluding hydrogens is 302 g/mol. The highest BCUT2D eigenvalue weighted by atomic mass is 79.9. The molecule has 3 aliphatic rings. The number of piperidine rings is 3. The third-order valence-electron chi connectivity index (χ3n) is 4.34. The van der Waals surface area contributed by atoms with Crippen molar-refractivity contribution in [1.29, 1.82) is 0 Å². The summed E-state index contributed by atoms with van der Waals surface area (Å²) in [5.74, 6) is 0.913. The maximum atomic E-state index is 3.72. The number of fused-ring (bicyclic) bond motifs is 3. The van der Waals surface area contributed by atoms with Gasteiger partial charge in [0.25, 0.3) is 0 Å². The Labute approximate surface area is 123 Å². The summed E-state index contributed by atoms with van der Waals surface area (Å²) in [7, 11) is 0. The summed E-state index contributed by atoms with van der Waals surface area (Å²) < 4.78 is 1.13. The van der Waals surface area contributed by atoms with Gasteiger partial charge in [-0.2, -0.15) is 0 Å². The Kier molecular flexibility index (Phi) is 4.41. The van der Waals surface area contributed by atoms with Crippen LogP contribution >= 0.6 is 15.9 Å². The van der Waals surface area contributed by atoms with Gasteiger partial charge < -0.3 is 15.5 Å². The maximum absolute atomic E-state index is 3.72. The van der Waals surface area contributed by atoms with Gasteiger partial charge in [-0.05, 0) is 50.0 Å². The van der Waals surface area contributed by atoms with Crippen molar-refractivity contribution >= 4 is 21.6 Å². The monoisotopic (exact) mass is 323 g/mol. The molecule has 1 atom stereocenters. The van der Waals surface area contributed by atoms with Crippen LogP contribution in [-0.4, -0.2) is 43.7 Å². The van der Waals surface area contributed by atoms with Gasteiger partial charge in [0, 0.05) is 35.8 Å². The van der Waals surface area contributed by atoms with E-state index in [9.17, 15) is 0 Å². The molecule has 3 heterocycles. The molecule has 1 aromatic rings. The van der Waals surface area contributed by atoms with Crippen LogP contribution in [0.4, 0.5) is 5.69 Å². The molecule has 4 heteroatoms. The van der Waals surface area contributed by atoms with Gasteiger partial charge in [0.1, 0.15) is 0 Å². The zero-order valence-corrected chi connectivity index (χ0v) is 12.8.